The number of alkyl halides is 1. The summed E-state index contributed by atoms with van der Waals surface area (Å²) in [5.41, 5.74) is 0.469. The maximum atomic E-state index is 13.3. The Morgan fingerprint density at radius 1 is 1.36 bits per heavy atom. The second-order valence-corrected chi connectivity index (χ2v) is 3.34. The van der Waals surface area contributed by atoms with E-state index in [1.165, 1.54) is 0 Å². The number of halogens is 1. The van der Waals surface area contributed by atoms with Gasteiger partial charge in [-0.05, 0) is 6.42 Å². The van der Waals surface area contributed by atoms with E-state index in [0.717, 1.165) is 12.8 Å². The van der Waals surface area contributed by atoms with Gasteiger partial charge in [-0.1, -0.05) is 50.1 Å². The second-order valence-electron chi connectivity index (χ2n) is 3.34. The van der Waals surface area contributed by atoms with E-state index in [1.54, 1.807) is 24.3 Å². The summed E-state index contributed by atoms with van der Waals surface area (Å²) in [6, 6.07) is 8.62. The minimum absolute atomic E-state index is 0.338. The van der Waals surface area contributed by atoms with Gasteiger partial charge in [-0.15, -0.1) is 0 Å². The SMILES string of the molecule is CCCCC(F)C(=O)c1ccccc1. The highest BCUT2D eigenvalue weighted by atomic mass is 19.1. The van der Waals surface area contributed by atoms with Crippen molar-refractivity contribution in [2.24, 2.45) is 0 Å². The van der Waals surface area contributed by atoms with Gasteiger partial charge in [-0.3, -0.25) is 4.79 Å². The van der Waals surface area contributed by atoms with Gasteiger partial charge in [0.05, 0.1) is 0 Å². The zero-order chi connectivity index (χ0) is 10.4. The Morgan fingerprint density at radius 3 is 2.57 bits per heavy atom. The topological polar surface area (TPSA) is 17.1 Å². The molecule has 1 aromatic carbocycles. The third kappa shape index (κ3) is 2.95. The van der Waals surface area contributed by atoms with Crippen molar-refractivity contribution >= 4 is 5.78 Å². The van der Waals surface area contributed by atoms with Crippen LogP contribution >= 0.6 is 0 Å². The maximum Gasteiger partial charge on any atom is 0.196 e. The minimum Gasteiger partial charge on any atom is -0.291 e. The number of unbranched alkanes of at least 4 members (excludes halogenated alkanes) is 1. The molecule has 0 saturated carbocycles. The van der Waals surface area contributed by atoms with Crippen LogP contribution in [0.3, 0.4) is 0 Å². The molecule has 14 heavy (non-hydrogen) atoms. The molecule has 0 heterocycles. The molecule has 1 rings (SSSR count). The molecule has 1 nitrogen and oxygen atoms in total. The van der Waals surface area contributed by atoms with Crippen LogP contribution in [0.1, 0.15) is 36.5 Å². The van der Waals surface area contributed by atoms with Crippen LogP contribution in [0.15, 0.2) is 30.3 Å². The fourth-order valence-corrected chi connectivity index (χ4v) is 1.30. The fourth-order valence-electron chi connectivity index (χ4n) is 1.30. The molecule has 1 atom stereocenters. The molecule has 1 unspecified atom stereocenters. The normalized spacial score (nSPS) is 12.4. The molecule has 0 aromatic heterocycles. The zero-order valence-corrected chi connectivity index (χ0v) is 8.37. The lowest BCUT2D eigenvalue weighted by Crippen LogP contribution is -2.15. The molecule has 0 spiro atoms. The summed E-state index contributed by atoms with van der Waals surface area (Å²) in [6.07, 6.45) is 0.685. The number of benzene rings is 1. The van der Waals surface area contributed by atoms with Gasteiger partial charge in [0.1, 0.15) is 0 Å². The smallest absolute Gasteiger partial charge is 0.196 e. The Morgan fingerprint density at radius 2 is 2.00 bits per heavy atom. The molecular formula is C12H15FO. The van der Waals surface area contributed by atoms with E-state index in [9.17, 15) is 9.18 Å². The van der Waals surface area contributed by atoms with Gasteiger partial charge >= 0.3 is 0 Å². The minimum atomic E-state index is -1.34. The van der Waals surface area contributed by atoms with Gasteiger partial charge in [0.2, 0.25) is 0 Å². The fraction of sp³-hybridized carbons (Fsp3) is 0.417. The van der Waals surface area contributed by atoms with Crippen LogP contribution in [0, 0.1) is 0 Å². The first kappa shape index (κ1) is 10.9. The second kappa shape index (κ2) is 5.53. The molecule has 0 fully saturated rings. The predicted octanol–water partition coefficient (Wildman–Crippen LogP) is 3.40. The van der Waals surface area contributed by atoms with Crippen LogP contribution in [0.5, 0.6) is 0 Å². The first-order valence-electron chi connectivity index (χ1n) is 4.99. The van der Waals surface area contributed by atoms with Gasteiger partial charge in [-0.25, -0.2) is 4.39 Å². The average molecular weight is 194 g/mol. The Bertz CT molecular complexity index is 282. The zero-order valence-electron chi connectivity index (χ0n) is 8.37. The summed E-state index contributed by atoms with van der Waals surface area (Å²) in [5, 5.41) is 0. The Kier molecular flexibility index (Phi) is 4.30. The van der Waals surface area contributed by atoms with E-state index in [1.807, 2.05) is 13.0 Å². The quantitative estimate of drug-likeness (QED) is 0.656. The summed E-state index contributed by atoms with van der Waals surface area (Å²) in [4.78, 5) is 11.5. The van der Waals surface area contributed by atoms with Crippen molar-refractivity contribution in [2.45, 2.75) is 32.4 Å². The van der Waals surface area contributed by atoms with E-state index in [-0.39, 0.29) is 5.78 Å². The van der Waals surface area contributed by atoms with Gasteiger partial charge < -0.3 is 0 Å². The van der Waals surface area contributed by atoms with Crippen LogP contribution in [0.2, 0.25) is 0 Å². The molecule has 76 valence electrons. The lowest BCUT2D eigenvalue weighted by Gasteiger charge is -2.05. The molecule has 2 heteroatoms. The summed E-state index contributed by atoms with van der Waals surface area (Å²) in [6.45, 7) is 1.99. The van der Waals surface area contributed by atoms with E-state index in [0.29, 0.717) is 12.0 Å². The first-order valence-corrected chi connectivity index (χ1v) is 4.99. The molecule has 0 bridgehead atoms. The number of carbonyl (C=O) groups excluding carboxylic acids is 1. The molecule has 1 aromatic rings. The predicted molar refractivity (Wildman–Crippen MR) is 55.2 cm³/mol. The number of rotatable bonds is 5. The molecule has 0 aliphatic heterocycles. The molecule has 0 aliphatic rings. The number of hydrogen-bond donors (Lipinski definition) is 0. The maximum absolute atomic E-state index is 13.3. The lowest BCUT2D eigenvalue weighted by molar-refractivity contribution is 0.0867. The Hall–Kier alpha value is -1.18. The van der Waals surface area contributed by atoms with Crippen molar-refractivity contribution in [1.29, 1.82) is 0 Å². The molecule has 0 saturated heterocycles. The molecule has 0 radical (unpaired) electrons. The molecule has 0 aliphatic carbocycles. The van der Waals surface area contributed by atoms with Gasteiger partial charge in [0, 0.05) is 5.56 Å². The number of carbonyl (C=O) groups is 1. The summed E-state index contributed by atoms with van der Waals surface area (Å²) in [7, 11) is 0. The summed E-state index contributed by atoms with van der Waals surface area (Å²) < 4.78 is 13.3. The standard InChI is InChI=1S/C12H15FO/c1-2-3-9-11(13)12(14)10-7-5-4-6-8-10/h4-8,11H,2-3,9H2,1H3. The van der Waals surface area contributed by atoms with Crippen LogP contribution in [-0.2, 0) is 0 Å². The third-order valence-electron chi connectivity index (χ3n) is 2.15. The highest BCUT2D eigenvalue weighted by molar-refractivity contribution is 5.99. The summed E-state index contributed by atoms with van der Waals surface area (Å²) in [5.74, 6) is -0.390. The van der Waals surface area contributed by atoms with Crippen LogP contribution in [-0.4, -0.2) is 12.0 Å². The van der Waals surface area contributed by atoms with Crippen molar-refractivity contribution < 1.29 is 9.18 Å². The van der Waals surface area contributed by atoms with Crippen molar-refractivity contribution in [3.8, 4) is 0 Å². The van der Waals surface area contributed by atoms with Crippen LogP contribution in [0.4, 0.5) is 4.39 Å². The largest absolute Gasteiger partial charge is 0.291 e. The van der Waals surface area contributed by atoms with Crippen LogP contribution in [0.25, 0.3) is 0 Å². The monoisotopic (exact) mass is 194 g/mol. The molecule has 0 amide bonds. The van der Waals surface area contributed by atoms with Gasteiger partial charge in [-0.2, -0.15) is 0 Å². The Balaban J connectivity index is 2.57. The molecule has 0 N–H and O–H groups in total. The average Bonchev–Trinajstić information content (AvgIpc) is 2.26. The van der Waals surface area contributed by atoms with E-state index < -0.39 is 6.17 Å². The van der Waals surface area contributed by atoms with E-state index in [4.69, 9.17) is 0 Å². The van der Waals surface area contributed by atoms with Crippen molar-refractivity contribution in [2.75, 3.05) is 0 Å². The van der Waals surface area contributed by atoms with Crippen molar-refractivity contribution in [1.82, 2.24) is 0 Å². The van der Waals surface area contributed by atoms with Gasteiger partial charge in [0.15, 0.2) is 12.0 Å². The van der Waals surface area contributed by atoms with E-state index >= 15 is 0 Å². The van der Waals surface area contributed by atoms with Crippen molar-refractivity contribution in [3.63, 3.8) is 0 Å². The van der Waals surface area contributed by atoms with E-state index in [2.05, 4.69) is 0 Å². The van der Waals surface area contributed by atoms with Crippen LogP contribution < -0.4 is 0 Å². The van der Waals surface area contributed by atoms with Crippen molar-refractivity contribution in [3.05, 3.63) is 35.9 Å². The van der Waals surface area contributed by atoms with Gasteiger partial charge in [0.25, 0.3) is 0 Å². The number of Topliss-reactive ketones (excluding diaryl/α,β-unsaturated/α-hetero) is 1. The first-order chi connectivity index (χ1) is 6.75. The number of hydrogen-bond acceptors (Lipinski definition) is 1. The number of ketones is 1. The highest BCUT2D eigenvalue weighted by Crippen LogP contribution is 2.11. The molecular weight excluding hydrogens is 179 g/mol. The third-order valence-corrected chi connectivity index (χ3v) is 2.15. The summed E-state index contributed by atoms with van der Waals surface area (Å²) >= 11 is 0. The lowest BCUT2D eigenvalue weighted by atomic mass is 10.0. The Labute approximate surface area is 83.9 Å². The highest BCUT2D eigenvalue weighted by Gasteiger charge is 2.17.